The van der Waals surface area contributed by atoms with Crippen molar-refractivity contribution in [1.82, 2.24) is 0 Å². The van der Waals surface area contributed by atoms with Gasteiger partial charge in [-0.15, -0.1) is 0 Å². The van der Waals surface area contributed by atoms with Gasteiger partial charge in [0.1, 0.15) is 11.2 Å². The SMILES string of the molecule is c1ccc(-c2ccc(N(c3ccc(-c4cccc(-c5ccccc5)c4)cc3)c3cccc(-c4cc5cccc6oc7cccc4c7c56)c3)cc2)cc1. The Kier molecular flexibility index (Phi) is 7.18. The van der Waals surface area contributed by atoms with Crippen LogP contribution in [0, 0.1) is 0 Å². The second kappa shape index (κ2) is 12.5. The Morgan fingerprint density at radius 1 is 0.308 bits per heavy atom. The largest absolute Gasteiger partial charge is 0.456 e. The molecular weight excluding hydrogens is 631 g/mol. The number of nitrogens with zero attached hydrogens (tertiary/aromatic N) is 1. The lowest BCUT2D eigenvalue weighted by Crippen LogP contribution is -2.10. The van der Waals surface area contributed by atoms with Crippen LogP contribution in [0.15, 0.2) is 205 Å². The molecule has 10 rings (SSSR count). The van der Waals surface area contributed by atoms with Gasteiger partial charge in [0.2, 0.25) is 0 Å². The molecule has 0 unspecified atom stereocenters. The quantitative estimate of drug-likeness (QED) is 0.158. The second-order valence-electron chi connectivity index (χ2n) is 13.4. The molecule has 0 saturated heterocycles. The summed E-state index contributed by atoms with van der Waals surface area (Å²) < 4.78 is 6.29. The minimum Gasteiger partial charge on any atom is -0.456 e. The third-order valence-corrected chi connectivity index (χ3v) is 10.2. The highest BCUT2D eigenvalue weighted by Crippen LogP contribution is 2.44. The van der Waals surface area contributed by atoms with E-state index in [0.717, 1.165) is 33.8 Å². The number of anilines is 3. The fourth-order valence-corrected chi connectivity index (χ4v) is 7.72. The average Bonchev–Trinajstić information content (AvgIpc) is 3.62. The van der Waals surface area contributed by atoms with E-state index in [-0.39, 0.29) is 0 Å². The van der Waals surface area contributed by atoms with Gasteiger partial charge >= 0.3 is 0 Å². The smallest absolute Gasteiger partial charge is 0.136 e. The summed E-state index contributed by atoms with van der Waals surface area (Å²) >= 11 is 0. The lowest BCUT2D eigenvalue weighted by atomic mass is 9.93. The Morgan fingerprint density at radius 3 is 1.48 bits per heavy atom. The Balaban J connectivity index is 1.09. The zero-order chi connectivity index (χ0) is 34.4. The molecule has 0 amide bonds. The third kappa shape index (κ3) is 5.21. The van der Waals surface area contributed by atoms with Crippen molar-refractivity contribution in [2.45, 2.75) is 0 Å². The zero-order valence-corrected chi connectivity index (χ0v) is 28.4. The number of benzene rings is 9. The van der Waals surface area contributed by atoms with Gasteiger partial charge in [0.25, 0.3) is 0 Å². The first kappa shape index (κ1) is 30.0. The Morgan fingerprint density at radius 2 is 0.808 bits per heavy atom. The summed E-state index contributed by atoms with van der Waals surface area (Å²) in [5.74, 6) is 0. The van der Waals surface area contributed by atoms with E-state index in [1.807, 2.05) is 0 Å². The predicted octanol–water partition coefficient (Wildman–Crippen LogP) is 14.3. The molecule has 0 radical (unpaired) electrons. The van der Waals surface area contributed by atoms with Crippen LogP contribution in [0.4, 0.5) is 17.1 Å². The summed E-state index contributed by atoms with van der Waals surface area (Å²) in [4.78, 5) is 2.36. The van der Waals surface area contributed by atoms with Crippen LogP contribution in [0.3, 0.4) is 0 Å². The standard InChI is InChI=1S/C50H33NO/c1-3-11-34(12-4-1)36-23-27-42(28-24-36)51(43-29-25-37(26-30-43)39-16-7-15-38(31-39)35-13-5-2-6-14-35)44-19-8-17-40(32-44)46-33-41-18-9-21-47-49(41)50-45(46)20-10-22-48(50)52-47/h1-33H. The lowest BCUT2D eigenvalue weighted by molar-refractivity contribution is 0.669. The Labute approximate surface area is 302 Å². The van der Waals surface area contributed by atoms with Gasteiger partial charge in [0, 0.05) is 27.8 Å². The highest BCUT2D eigenvalue weighted by molar-refractivity contribution is 6.25. The summed E-state index contributed by atoms with van der Waals surface area (Å²) in [6.45, 7) is 0. The number of hydrogen-bond acceptors (Lipinski definition) is 2. The van der Waals surface area contributed by atoms with Crippen LogP contribution < -0.4 is 4.90 Å². The lowest BCUT2D eigenvalue weighted by Gasteiger charge is -2.26. The molecule has 52 heavy (non-hydrogen) atoms. The molecule has 2 nitrogen and oxygen atoms in total. The fourth-order valence-electron chi connectivity index (χ4n) is 7.72. The van der Waals surface area contributed by atoms with E-state index in [2.05, 4.69) is 205 Å². The van der Waals surface area contributed by atoms with Crippen molar-refractivity contribution in [1.29, 1.82) is 0 Å². The first-order valence-electron chi connectivity index (χ1n) is 17.8. The van der Waals surface area contributed by atoms with E-state index in [1.165, 1.54) is 60.5 Å². The highest BCUT2D eigenvalue weighted by atomic mass is 16.3. The van der Waals surface area contributed by atoms with Gasteiger partial charge in [-0.2, -0.15) is 0 Å². The second-order valence-corrected chi connectivity index (χ2v) is 13.4. The molecule has 0 saturated carbocycles. The van der Waals surface area contributed by atoms with Crippen molar-refractivity contribution in [3.05, 3.63) is 200 Å². The highest BCUT2D eigenvalue weighted by Gasteiger charge is 2.19. The summed E-state index contributed by atoms with van der Waals surface area (Å²) in [5, 5.41) is 4.78. The van der Waals surface area contributed by atoms with Crippen LogP contribution in [0.1, 0.15) is 0 Å². The molecule has 1 heterocycles. The predicted molar refractivity (Wildman–Crippen MR) is 219 cm³/mol. The molecule has 0 aliphatic heterocycles. The van der Waals surface area contributed by atoms with E-state index in [1.54, 1.807) is 0 Å². The molecule has 2 heteroatoms. The van der Waals surface area contributed by atoms with Gasteiger partial charge in [-0.1, -0.05) is 140 Å². The molecule has 244 valence electrons. The molecule has 0 fully saturated rings. The monoisotopic (exact) mass is 663 g/mol. The Hall–Kier alpha value is -6.90. The summed E-state index contributed by atoms with van der Waals surface area (Å²) in [5.41, 5.74) is 14.7. The first-order chi connectivity index (χ1) is 25.8. The fraction of sp³-hybridized carbons (Fsp3) is 0. The maximum Gasteiger partial charge on any atom is 0.136 e. The van der Waals surface area contributed by atoms with Crippen LogP contribution in [0.25, 0.3) is 77.2 Å². The summed E-state index contributed by atoms with van der Waals surface area (Å²) in [6, 6.07) is 71.7. The van der Waals surface area contributed by atoms with Crippen LogP contribution in [-0.2, 0) is 0 Å². The van der Waals surface area contributed by atoms with Crippen molar-refractivity contribution in [2.24, 2.45) is 0 Å². The van der Waals surface area contributed by atoms with Gasteiger partial charge in [-0.25, -0.2) is 0 Å². The summed E-state index contributed by atoms with van der Waals surface area (Å²) in [6.07, 6.45) is 0. The van der Waals surface area contributed by atoms with Crippen molar-refractivity contribution >= 4 is 49.8 Å². The minimum absolute atomic E-state index is 0.927. The van der Waals surface area contributed by atoms with E-state index in [4.69, 9.17) is 4.42 Å². The maximum absolute atomic E-state index is 6.29. The van der Waals surface area contributed by atoms with Crippen molar-refractivity contribution in [3.63, 3.8) is 0 Å². The van der Waals surface area contributed by atoms with Crippen molar-refractivity contribution < 1.29 is 4.42 Å². The molecule has 0 aliphatic rings. The maximum atomic E-state index is 6.29. The molecule has 0 spiro atoms. The van der Waals surface area contributed by atoms with E-state index in [0.29, 0.717) is 0 Å². The minimum atomic E-state index is 0.927. The topological polar surface area (TPSA) is 16.4 Å². The number of hydrogen-bond donors (Lipinski definition) is 0. The molecule has 9 aromatic carbocycles. The number of furan rings is 1. The van der Waals surface area contributed by atoms with Crippen LogP contribution >= 0.6 is 0 Å². The molecule has 0 aliphatic carbocycles. The van der Waals surface area contributed by atoms with E-state index >= 15 is 0 Å². The van der Waals surface area contributed by atoms with Gasteiger partial charge in [-0.05, 0) is 116 Å². The molecule has 1 aromatic heterocycles. The van der Waals surface area contributed by atoms with Crippen molar-refractivity contribution in [2.75, 3.05) is 4.90 Å². The van der Waals surface area contributed by atoms with Crippen LogP contribution in [0.2, 0.25) is 0 Å². The third-order valence-electron chi connectivity index (χ3n) is 10.2. The van der Waals surface area contributed by atoms with E-state index in [9.17, 15) is 0 Å². The molecule has 0 N–H and O–H groups in total. The zero-order valence-electron chi connectivity index (χ0n) is 28.4. The molecular formula is C50H33NO. The van der Waals surface area contributed by atoms with E-state index < -0.39 is 0 Å². The van der Waals surface area contributed by atoms with Gasteiger partial charge in [0.15, 0.2) is 0 Å². The van der Waals surface area contributed by atoms with Crippen LogP contribution in [0.5, 0.6) is 0 Å². The Bertz CT molecular complexity index is 2820. The summed E-state index contributed by atoms with van der Waals surface area (Å²) in [7, 11) is 0. The number of rotatable bonds is 7. The van der Waals surface area contributed by atoms with Crippen molar-refractivity contribution in [3.8, 4) is 44.5 Å². The first-order valence-corrected chi connectivity index (χ1v) is 17.8. The normalized spacial score (nSPS) is 11.5. The van der Waals surface area contributed by atoms with Crippen LogP contribution in [-0.4, -0.2) is 0 Å². The molecule has 0 atom stereocenters. The average molecular weight is 664 g/mol. The van der Waals surface area contributed by atoms with Gasteiger partial charge in [-0.3, -0.25) is 0 Å². The molecule has 10 aromatic rings. The molecule has 0 bridgehead atoms. The van der Waals surface area contributed by atoms with Gasteiger partial charge < -0.3 is 9.32 Å². The van der Waals surface area contributed by atoms with Gasteiger partial charge in [0.05, 0.1) is 0 Å².